The number of amides is 1. The number of anilines is 1. The Morgan fingerprint density at radius 3 is 2.61 bits per heavy atom. The molecule has 0 aliphatic carbocycles. The number of hydrogen-bond acceptors (Lipinski definition) is 6. The van der Waals surface area contributed by atoms with Crippen LogP contribution in [0, 0.1) is 10.1 Å². The first-order valence-electron chi connectivity index (χ1n) is 9.60. The fourth-order valence-electron chi connectivity index (χ4n) is 3.12. The Hall–Kier alpha value is -3.36. The first-order valence-corrected chi connectivity index (χ1v) is 9.98. The fraction of sp³-hybridized carbons (Fsp3) is 0.227. The van der Waals surface area contributed by atoms with Gasteiger partial charge in [-0.3, -0.25) is 19.8 Å². The lowest BCUT2D eigenvalue weighted by Crippen LogP contribution is -2.34. The normalized spacial score (nSPS) is 11.9. The molecule has 0 saturated carbocycles. The third kappa shape index (κ3) is 5.62. The Morgan fingerprint density at radius 2 is 1.97 bits per heavy atom. The third-order valence-electron chi connectivity index (χ3n) is 4.83. The number of carbonyl (C=O) groups is 1. The van der Waals surface area contributed by atoms with E-state index in [9.17, 15) is 14.9 Å². The molecule has 1 aromatic heterocycles. The van der Waals surface area contributed by atoms with Gasteiger partial charge in [0, 0.05) is 29.7 Å². The highest BCUT2D eigenvalue weighted by atomic mass is 35.5. The topological polar surface area (TPSA) is 101 Å². The van der Waals surface area contributed by atoms with Crippen LogP contribution in [0.2, 0.25) is 5.02 Å². The molecule has 1 heterocycles. The molecule has 0 fully saturated rings. The molecular formula is C22H23ClN4O4. The van der Waals surface area contributed by atoms with Gasteiger partial charge in [0.15, 0.2) is 0 Å². The molecular weight excluding hydrogens is 420 g/mol. The first kappa shape index (κ1) is 22.3. The Balaban J connectivity index is 1.71. The Kier molecular flexibility index (Phi) is 7.28. The number of likely N-dealkylation sites (N-methyl/N-ethyl adjacent to an activating group) is 1. The zero-order chi connectivity index (χ0) is 22.4. The fourth-order valence-corrected chi connectivity index (χ4v) is 3.32. The summed E-state index contributed by atoms with van der Waals surface area (Å²) in [6.07, 6.45) is 1.57. The van der Waals surface area contributed by atoms with Gasteiger partial charge in [-0.15, -0.1) is 0 Å². The summed E-state index contributed by atoms with van der Waals surface area (Å²) < 4.78 is 5.43. The zero-order valence-corrected chi connectivity index (χ0v) is 17.9. The third-order valence-corrected chi connectivity index (χ3v) is 5.20. The molecule has 3 rings (SSSR count). The van der Waals surface area contributed by atoms with Crippen molar-refractivity contribution in [3.05, 3.63) is 92.9 Å². The average molecular weight is 443 g/mol. The van der Waals surface area contributed by atoms with Crippen LogP contribution in [0.15, 0.2) is 65.3 Å². The number of nitrogens with one attached hydrogen (secondary N) is 2. The van der Waals surface area contributed by atoms with Crippen molar-refractivity contribution in [2.45, 2.75) is 12.6 Å². The number of nitrogens with zero attached hydrogens (tertiary/aromatic N) is 2. The monoisotopic (exact) mass is 442 g/mol. The van der Waals surface area contributed by atoms with Crippen molar-refractivity contribution in [3.63, 3.8) is 0 Å². The molecule has 0 radical (unpaired) electrons. The number of rotatable bonds is 9. The molecule has 0 aliphatic rings. The molecule has 0 bridgehead atoms. The van der Waals surface area contributed by atoms with Gasteiger partial charge in [0.05, 0.1) is 17.2 Å². The first-order chi connectivity index (χ1) is 14.9. The van der Waals surface area contributed by atoms with E-state index in [4.69, 9.17) is 16.0 Å². The summed E-state index contributed by atoms with van der Waals surface area (Å²) >= 11 is 6.14. The van der Waals surface area contributed by atoms with Crippen molar-refractivity contribution in [1.29, 1.82) is 0 Å². The van der Waals surface area contributed by atoms with Crippen molar-refractivity contribution in [2.75, 3.05) is 26.0 Å². The molecule has 0 spiro atoms. The summed E-state index contributed by atoms with van der Waals surface area (Å²) in [5.41, 5.74) is 1.14. The average Bonchev–Trinajstić information content (AvgIpc) is 3.27. The predicted octanol–water partition coefficient (Wildman–Crippen LogP) is 4.49. The largest absolute Gasteiger partial charge is 0.468 e. The van der Waals surface area contributed by atoms with E-state index < -0.39 is 10.8 Å². The number of nitro benzene ring substituents is 1. The lowest BCUT2D eigenvalue weighted by molar-refractivity contribution is -0.384. The maximum Gasteiger partial charge on any atom is 0.293 e. The van der Waals surface area contributed by atoms with Crippen LogP contribution in [-0.4, -0.2) is 36.4 Å². The number of hydrogen-bond donors (Lipinski definition) is 2. The number of halogens is 1. The summed E-state index contributed by atoms with van der Waals surface area (Å²) in [6, 6.07) is 15.0. The van der Waals surface area contributed by atoms with Crippen LogP contribution in [0.4, 0.5) is 11.4 Å². The van der Waals surface area contributed by atoms with E-state index in [0.717, 1.165) is 11.3 Å². The number of carbonyl (C=O) groups excluding carboxylic acids is 1. The van der Waals surface area contributed by atoms with Crippen LogP contribution in [0.5, 0.6) is 0 Å². The SMILES string of the molecule is CN(C)C(CNC(=O)c1ccc(NCc2ccccc2Cl)c([N+](=O)[O-])c1)c1ccco1. The standard InChI is InChI=1S/C22H23ClN4O4/c1-26(2)20(21-8-5-11-31-21)14-25-22(28)15-9-10-18(19(12-15)27(29)30)24-13-16-6-3-4-7-17(16)23/h3-12,20,24H,13-14H2,1-2H3,(H,25,28). The van der Waals surface area contributed by atoms with Crippen molar-refractivity contribution in [1.82, 2.24) is 10.2 Å². The van der Waals surface area contributed by atoms with Gasteiger partial charge in [-0.2, -0.15) is 0 Å². The lowest BCUT2D eigenvalue weighted by Gasteiger charge is -2.22. The van der Waals surface area contributed by atoms with E-state index in [1.54, 1.807) is 24.5 Å². The number of benzene rings is 2. The molecule has 9 heteroatoms. The van der Waals surface area contributed by atoms with Gasteiger partial charge in [0.1, 0.15) is 11.4 Å². The van der Waals surface area contributed by atoms with Gasteiger partial charge in [-0.05, 0) is 50.0 Å². The summed E-state index contributed by atoms with van der Waals surface area (Å²) in [6.45, 7) is 0.610. The second-order valence-corrected chi connectivity index (χ2v) is 7.55. The van der Waals surface area contributed by atoms with E-state index in [2.05, 4.69) is 10.6 Å². The molecule has 2 N–H and O–H groups in total. The summed E-state index contributed by atoms with van der Waals surface area (Å²) in [5, 5.41) is 18.0. The quantitative estimate of drug-likeness (QED) is 0.374. The maximum absolute atomic E-state index is 12.6. The molecule has 31 heavy (non-hydrogen) atoms. The Labute approximate surface area is 185 Å². The van der Waals surface area contributed by atoms with Gasteiger partial charge in [0.2, 0.25) is 0 Å². The van der Waals surface area contributed by atoms with Crippen LogP contribution < -0.4 is 10.6 Å². The van der Waals surface area contributed by atoms with Gasteiger partial charge in [-0.25, -0.2) is 0 Å². The molecule has 0 saturated heterocycles. The second kappa shape index (κ2) is 10.1. The van der Waals surface area contributed by atoms with E-state index in [-0.39, 0.29) is 17.3 Å². The van der Waals surface area contributed by atoms with Crippen molar-refractivity contribution in [3.8, 4) is 0 Å². The summed E-state index contributed by atoms with van der Waals surface area (Å²) in [7, 11) is 3.76. The smallest absolute Gasteiger partial charge is 0.293 e. The molecule has 1 atom stereocenters. The highest BCUT2D eigenvalue weighted by Crippen LogP contribution is 2.27. The van der Waals surface area contributed by atoms with Crippen molar-refractivity contribution in [2.24, 2.45) is 0 Å². The minimum atomic E-state index is -0.517. The molecule has 162 valence electrons. The summed E-state index contributed by atoms with van der Waals surface area (Å²) in [5.74, 6) is 0.314. The van der Waals surface area contributed by atoms with Crippen molar-refractivity contribution >= 4 is 28.9 Å². The van der Waals surface area contributed by atoms with E-state index in [0.29, 0.717) is 23.8 Å². The molecule has 3 aromatic rings. The predicted molar refractivity (Wildman–Crippen MR) is 119 cm³/mol. The van der Waals surface area contributed by atoms with Crippen LogP contribution in [0.25, 0.3) is 0 Å². The van der Waals surface area contributed by atoms with Crippen LogP contribution in [0.1, 0.15) is 27.7 Å². The van der Waals surface area contributed by atoms with E-state index in [1.165, 1.54) is 12.1 Å². The maximum atomic E-state index is 12.6. The minimum Gasteiger partial charge on any atom is -0.468 e. The molecule has 8 nitrogen and oxygen atoms in total. The number of furan rings is 1. The zero-order valence-electron chi connectivity index (χ0n) is 17.2. The van der Waals surface area contributed by atoms with E-state index >= 15 is 0 Å². The Morgan fingerprint density at radius 1 is 1.19 bits per heavy atom. The lowest BCUT2D eigenvalue weighted by atomic mass is 10.1. The van der Waals surface area contributed by atoms with Crippen LogP contribution in [-0.2, 0) is 6.54 Å². The molecule has 0 aliphatic heterocycles. The van der Waals surface area contributed by atoms with Crippen molar-refractivity contribution < 1.29 is 14.1 Å². The highest BCUT2D eigenvalue weighted by Gasteiger charge is 2.21. The second-order valence-electron chi connectivity index (χ2n) is 7.14. The Bertz CT molecular complexity index is 1050. The van der Waals surface area contributed by atoms with Crippen LogP contribution >= 0.6 is 11.6 Å². The van der Waals surface area contributed by atoms with Gasteiger partial charge in [-0.1, -0.05) is 29.8 Å². The van der Waals surface area contributed by atoms with Gasteiger partial charge >= 0.3 is 0 Å². The molecule has 2 aromatic carbocycles. The van der Waals surface area contributed by atoms with Gasteiger partial charge in [0.25, 0.3) is 11.6 Å². The number of nitro groups is 1. The van der Waals surface area contributed by atoms with Crippen LogP contribution in [0.3, 0.4) is 0 Å². The minimum absolute atomic E-state index is 0.162. The van der Waals surface area contributed by atoms with Gasteiger partial charge < -0.3 is 15.1 Å². The molecule has 1 amide bonds. The molecule has 1 unspecified atom stereocenters. The van der Waals surface area contributed by atoms with E-state index in [1.807, 2.05) is 43.3 Å². The summed E-state index contributed by atoms with van der Waals surface area (Å²) in [4.78, 5) is 25.6. The highest BCUT2D eigenvalue weighted by molar-refractivity contribution is 6.31.